The first kappa shape index (κ1) is 25.7. The van der Waals surface area contributed by atoms with Crippen molar-refractivity contribution in [3.8, 4) is 5.75 Å². The average Bonchev–Trinajstić information content (AvgIpc) is 3.42. The van der Waals surface area contributed by atoms with Crippen molar-refractivity contribution < 1.29 is 13.9 Å². The van der Waals surface area contributed by atoms with E-state index in [1.807, 2.05) is 79.7 Å². The van der Waals surface area contributed by atoms with Crippen molar-refractivity contribution in [2.24, 2.45) is 4.99 Å². The number of hydrogen-bond acceptors (Lipinski definition) is 7. The van der Waals surface area contributed by atoms with Crippen molar-refractivity contribution in [3.05, 3.63) is 107 Å². The molecule has 0 saturated heterocycles. The van der Waals surface area contributed by atoms with Gasteiger partial charge in [0.05, 0.1) is 33.4 Å². The van der Waals surface area contributed by atoms with Crippen LogP contribution in [0.3, 0.4) is 0 Å². The van der Waals surface area contributed by atoms with Gasteiger partial charge in [0, 0.05) is 31.9 Å². The van der Waals surface area contributed by atoms with E-state index in [1.54, 1.807) is 24.7 Å². The van der Waals surface area contributed by atoms with E-state index in [9.17, 15) is 9.59 Å². The third kappa shape index (κ3) is 4.84. The van der Waals surface area contributed by atoms with Gasteiger partial charge in [-0.05, 0) is 52.7 Å². The molecular weight excluding hydrogens is 568 g/mol. The van der Waals surface area contributed by atoms with E-state index in [4.69, 9.17) is 9.15 Å². The lowest BCUT2D eigenvalue weighted by atomic mass is 9.95. The Morgan fingerprint density at radius 3 is 2.53 bits per heavy atom. The number of allylic oxidation sites excluding steroid dienone is 1. The molecule has 4 aromatic rings. The Kier molecular flexibility index (Phi) is 7.09. The third-order valence-electron chi connectivity index (χ3n) is 6.10. The maximum absolute atomic E-state index is 13.8. The summed E-state index contributed by atoms with van der Waals surface area (Å²) in [5.41, 5.74) is 2.10. The number of carbonyl (C=O) groups is 1. The minimum atomic E-state index is -0.677. The van der Waals surface area contributed by atoms with Crippen LogP contribution in [0.1, 0.15) is 24.3 Å². The van der Waals surface area contributed by atoms with E-state index in [0.717, 1.165) is 10.0 Å². The number of para-hydroxylation sites is 1. The van der Waals surface area contributed by atoms with E-state index < -0.39 is 6.04 Å². The molecule has 2 aromatic carbocycles. The van der Waals surface area contributed by atoms with Gasteiger partial charge in [-0.15, -0.1) is 0 Å². The molecule has 194 valence electrons. The zero-order valence-corrected chi connectivity index (χ0v) is 23.6. The van der Waals surface area contributed by atoms with E-state index in [1.165, 1.54) is 11.3 Å². The fraction of sp³-hybridized carbons (Fsp3) is 0.179. The van der Waals surface area contributed by atoms with Crippen LogP contribution < -0.4 is 29.8 Å². The van der Waals surface area contributed by atoms with Gasteiger partial charge in [-0.1, -0.05) is 41.7 Å². The second kappa shape index (κ2) is 10.5. The molecular formula is C28H25BrN4O4S. The van der Waals surface area contributed by atoms with Gasteiger partial charge in [0.2, 0.25) is 5.88 Å². The van der Waals surface area contributed by atoms with E-state index in [2.05, 4.69) is 26.2 Å². The number of rotatable bonds is 6. The number of nitrogens with one attached hydrogen (secondary N) is 1. The van der Waals surface area contributed by atoms with Crippen LogP contribution in [-0.2, 0) is 4.79 Å². The number of aromatic nitrogens is 1. The quantitative estimate of drug-likeness (QED) is 0.360. The molecule has 5 rings (SSSR count). The molecule has 0 unspecified atom stereocenters. The van der Waals surface area contributed by atoms with Gasteiger partial charge in [-0.3, -0.25) is 14.2 Å². The van der Waals surface area contributed by atoms with Gasteiger partial charge < -0.3 is 19.4 Å². The molecule has 2 aromatic heterocycles. The summed E-state index contributed by atoms with van der Waals surface area (Å²) in [6, 6.07) is 17.7. The number of hydrogen-bond donors (Lipinski definition) is 1. The standard InChI is InChI=1S/C28H25BrN4O4S/c1-16-23(25(34)31-18-8-6-5-7-9-18)24(17-10-12-19(36-4)13-11-17)33-26(35)22(38-28(33)30-16)15-20-14-21(29)27(37-20)32(2)3/h5-15,24H,1-4H3,(H,31,34)/b22-15+/t24-/m1/s1. The van der Waals surface area contributed by atoms with Crippen LogP contribution in [0.15, 0.2) is 90.6 Å². The predicted octanol–water partition coefficient (Wildman–Crippen LogP) is 4.30. The lowest BCUT2D eigenvalue weighted by molar-refractivity contribution is -0.113. The number of benzene rings is 2. The topological polar surface area (TPSA) is 89.1 Å². The second-order valence-corrected chi connectivity index (χ2v) is 10.7. The maximum Gasteiger partial charge on any atom is 0.271 e. The number of amides is 1. The molecule has 0 fully saturated rings. The molecule has 1 N–H and O–H groups in total. The van der Waals surface area contributed by atoms with Crippen molar-refractivity contribution in [2.45, 2.75) is 13.0 Å². The number of fused-ring (bicyclic) bond motifs is 1. The van der Waals surface area contributed by atoms with Gasteiger partial charge in [0.25, 0.3) is 11.5 Å². The van der Waals surface area contributed by atoms with Crippen LogP contribution in [0, 0.1) is 0 Å². The maximum atomic E-state index is 13.8. The first-order chi connectivity index (χ1) is 18.3. The van der Waals surface area contributed by atoms with E-state index in [-0.39, 0.29) is 11.5 Å². The normalized spacial score (nSPS) is 15.2. The summed E-state index contributed by atoms with van der Waals surface area (Å²) in [5.74, 6) is 1.54. The molecule has 38 heavy (non-hydrogen) atoms. The van der Waals surface area contributed by atoms with E-state index in [0.29, 0.717) is 43.7 Å². The summed E-state index contributed by atoms with van der Waals surface area (Å²) in [6.45, 7) is 1.79. The molecule has 1 aliphatic rings. The van der Waals surface area contributed by atoms with Crippen LogP contribution in [-0.4, -0.2) is 31.7 Å². The van der Waals surface area contributed by atoms with Crippen LogP contribution in [0.2, 0.25) is 0 Å². The SMILES string of the molecule is COc1ccc([C@@H]2C(C(=O)Nc3ccccc3)=C(C)N=c3s/c(=C/c4cc(Br)c(N(C)C)o4)c(=O)n32)cc1. The number of anilines is 2. The summed E-state index contributed by atoms with van der Waals surface area (Å²) in [4.78, 5) is 34.5. The van der Waals surface area contributed by atoms with Crippen molar-refractivity contribution >= 4 is 50.8 Å². The monoisotopic (exact) mass is 592 g/mol. The molecule has 1 aliphatic heterocycles. The fourth-order valence-electron chi connectivity index (χ4n) is 4.32. The van der Waals surface area contributed by atoms with E-state index >= 15 is 0 Å². The summed E-state index contributed by atoms with van der Waals surface area (Å²) in [6.07, 6.45) is 1.70. The summed E-state index contributed by atoms with van der Waals surface area (Å²) < 4.78 is 14.1. The summed E-state index contributed by atoms with van der Waals surface area (Å²) >= 11 is 4.76. The molecule has 0 saturated carbocycles. The molecule has 0 radical (unpaired) electrons. The van der Waals surface area contributed by atoms with Gasteiger partial charge >= 0.3 is 0 Å². The Morgan fingerprint density at radius 2 is 1.89 bits per heavy atom. The number of nitrogens with zero attached hydrogens (tertiary/aromatic N) is 3. The summed E-state index contributed by atoms with van der Waals surface area (Å²) in [5, 5.41) is 2.95. The van der Waals surface area contributed by atoms with Crippen molar-refractivity contribution in [1.82, 2.24) is 4.57 Å². The first-order valence-corrected chi connectivity index (χ1v) is 13.4. The first-order valence-electron chi connectivity index (χ1n) is 11.8. The number of carbonyl (C=O) groups excluding carboxylic acids is 1. The van der Waals surface area contributed by atoms with Gasteiger partial charge in [-0.2, -0.15) is 0 Å². The van der Waals surface area contributed by atoms with Gasteiger partial charge in [0.1, 0.15) is 11.5 Å². The largest absolute Gasteiger partial charge is 0.497 e. The second-order valence-electron chi connectivity index (χ2n) is 8.87. The summed E-state index contributed by atoms with van der Waals surface area (Å²) in [7, 11) is 5.34. The number of methoxy groups -OCH3 is 1. The average molecular weight is 594 g/mol. The number of halogens is 1. The molecule has 0 aliphatic carbocycles. The lowest BCUT2D eigenvalue weighted by Crippen LogP contribution is -2.40. The minimum Gasteiger partial charge on any atom is -0.497 e. The molecule has 8 nitrogen and oxygen atoms in total. The lowest BCUT2D eigenvalue weighted by Gasteiger charge is -2.25. The Labute approximate surface area is 231 Å². The fourth-order valence-corrected chi connectivity index (χ4v) is 6.00. The molecule has 0 spiro atoms. The van der Waals surface area contributed by atoms with Crippen molar-refractivity contribution in [1.29, 1.82) is 0 Å². The molecule has 1 amide bonds. The highest BCUT2D eigenvalue weighted by Crippen LogP contribution is 2.32. The number of ether oxygens (including phenoxy) is 1. The van der Waals surface area contributed by atoms with Crippen LogP contribution in [0.5, 0.6) is 5.75 Å². The Hall–Kier alpha value is -3.89. The molecule has 10 heteroatoms. The highest BCUT2D eigenvalue weighted by molar-refractivity contribution is 9.10. The van der Waals surface area contributed by atoms with Gasteiger partial charge in [0.15, 0.2) is 4.80 Å². The smallest absolute Gasteiger partial charge is 0.271 e. The number of furan rings is 1. The Bertz CT molecular complexity index is 1720. The highest BCUT2D eigenvalue weighted by atomic mass is 79.9. The highest BCUT2D eigenvalue weighted by Gasteiger charge is 2.32. The zero-order valence-electron chi connectivity index (χ0n) is 21.2. The van der Waals surface area contributed by atoms with Crippen molar-refractivity contribution in [3.63, 3.8) is 0 Å². The molecule has 3 heterocycles. The Morgan fingerprint density at radius 1 is 1.18 bits per heavy atom. The zero-order chi connectivity index (χ0) is 27.0. The third-order valence-corrected chi connectivity index (χ3v) is 7.65. The number of thiazole rings is 1. The Balaban J connectivity index is 1.66. The van der Waals surface area contributed by atoms with Crippen LogP contribution in [0.4, 0.5) is 11.6 Å². The molecule has 1 atom stereocenters. The van der Waals surface area contributed by atoms with Crippen molar-refractivity contribution in [2.75, 3.05) is 31.4 Å². The van der Waals surface area contributed by atoms with Crippen LogP contribution in [0.25, 0.3) is 6.08 Å². The minimum absolute atomic E-state index is 0.258. The molecule has 0 bridgehead atoms. The predicted molar refractivity (Wildman–Crippen MR) is 153 cm³/mol. The van der Waals surface area contributed by atoms with Crippen LogP contribution >= 0.6 is 27.3 Å². The van der Waals surface area contributed by atoms with Gasteiger partial charge in [-0.25, -0.2) is 4.99 Å².